The molecule has 3 rings (SSSR count). The van der Waals surface area contributed by atoms with Gasteiger partial charge in [-0.15, -0.1) is 0 Å². The summed E-state index contributed by atoms with van der Waals surface area (Å²) in [6, 6.07) is 14.4. The third-order valence-corrected chi connectivity index (χ3v) is 4.59. The van der Waals surface area contributed by atoms with Crippen molar-refractivity contribution in [2.24, 2.45) is 0 Å². The second-order valence-electron chi connectivity index (χ2n) is 6.60. The van der Waals surface area contributed by atoms with Gasteiger partial charge in [-0.25, -0.2) is 0 Å². The van der Waals surface area contributed by atoms with Crippen molar-refractivity contribution < 1.29 is 9.53 Å². The molecule has 3 nitrogen and oxygen atoms in total. The molecule has 0 radical (unpaired) electrons. The van der Waals surface area contributed by atoms with E-state index in [1.807, 2.05) is 18.2 Å². The van der Waals surface area contributed by atoms with Gasteiger partial charge in [0, 0.05) is 6.54 Å². The Morgan fingerprint density at radius 3 is 2.54 bits per heavy atom. The molecule has 0 fully saturated rings. The lowest BCUT2D eigenvalue weighted by Crippen LogP contribution is -2.35. The molecule has 1 aliphatic carbocycles. The Kier molecular flexibility index (Phi) is 5.19. The lowest BCUT2D eigenvalue weighted by atomic mass is 9.92. The molecule has 0 spiro atoms. The second kappa shape index (κ2) is 7.52. The van der Waals surface area contributed by atoms with E-state index in [0.717, 1.165) is 24.2 Å². The van der Waals surface area contributed by atoms with Gasteiger partial charge in [0.25, 0.3) is 5.91 Å². The fraction of sp³-hybridized carbons (Fsp3) is 0.381. The summed E-state index contributed by atoms with van der Waals surface area (Å²) in [4.78, 5) is 12.2. The van der Waals surface area contributed by atoms with E-state index in [9.17, 15) is 4.79 Å². The van der Waals surface area contributed by atoms with Crippen LogP contribution in [0.2, 0.25) is 0 Å². The van der Waals surface area contributed by atoms with Gasteiger partial charge in [0.15, 0.2) is 6.10 Å². The summed E-state index contributed by atoms with van der Waals surface area (Å²) in [5, 5.41) is 2.94. The minimum Gasteiger partial charge on any atom is -0.481 e. The van der Waals surface area contributed by atoms with E-state index in [0.29, 0.717) is 6.54 Å². The highest BCUT2D eigenvalue weighted by Crippen LogP contribution is 2.25. The first-order valence-electron chi connectivity index (χ1n) is 8.73. The molecule has 2 aromatic carbocycles. The summed E-state index contributed by atoms with van der Waals surface area (Å²) >= 11 is 0. The van der Waals surface area contributed by atoms with Gasteiger partial charge in [0.1, 0.15) is 5.75 Å². The SMILES string of the molecule is Cc1ccc(CNC(=O)C(C)Oc2ccc3c(c2)CCCC3)cc1. The van der Waals surface area contributed by atoms with Crippen molar-refractivity contribution in [1.82, 2.24) is 5.32 Å². The number of benzene rings is 2. The number of aryl methyl sites for hydroxylation is 3. The average Bonchev–Trinajstić information content (AvgIpc) is 2.61. The van der Waals surface area contributed by atoms with Crippen molar-refractivity contribution in [3.63, 3.8) is 0 Å². The highest BCUT2D eigenvalue weighted by atomic mass is 16.5. The Morgan fingerprint density at radius 1 is 1.08 bits per heavy atom. The van der Waals surface area contributed by atoms with Crippen molar-refractivity contribution in [3.8, 4) is 5.75 Å². The molecule has 0 aliphatic heterocycles. The first kappa shape index (κ1) is 16.6. The molecule has 1 unspecified atom stereocenters. The van der Waals surface area contributed by atoms with Gasteiger partial charge in [0.2, 0.25) is 0 Å². The molecule has 0 bridgehead atoms. The third kappa shape index (κ3) is 4.16. The van der Waals surface area contributed by atoms with Crippen molar-refractivity contribution >= 4 is 5.91 Å². The van der Waals surface area contributed by atoms with Gasteiger partial charge in [-0.2, -0.15) is 0 Å². The summed E-state index contributed by atoms with van der Waals surface area (Å²) in [7, 11) is 0. The molecule has 0 saturated carbocycles. The Bertz CT molecular complexity index is 706. The molecule has 1 amide bonds. The normalized spacial score (nSPS) is 14.6. The van der Waals surface area contributed by atoms with Crippen molar-refractivity contribution in [1.29, 1.82) is 0 Å². The maximum Gasteiger partial charge on any atom is 0.261 e. The number of nitrogens with one attached hydrogen (secondary N) is 1. The minimum atomic E-state index is -0.503. The smallest absolute Gasteiger partial charge is 0.261 e. The van der Waals surface area contributed by atoms with Crippen LogP contribution in [0.25, 0.3) is 0 Å². The van der Waals surface area contributed by atoms with Crippen LogP contribution in [0.15, 0.2) is 42.5 Å². The van der Waals surface area contributed by atoms with Crippen LogP contribution in [0.4, 0.5) is 0 Å². The highest BCUT2D eigenvalue weighted by molar-refractivity contribution is 5.80. The summed E-state index contributed by atoms with van der Waals surface area (Å²) < 4.78 is 5.84. The van der Waals surface area contributed by atoms with Crippen LogP contribution in [-0.4, -0.2) is 12.0 Å². The van der Waals surface area contributed by atoms with Crippen molar-refractivity contribution in [2.45, 2.75) is 52.2 Å². The largest absolute Gasteiger partial charge is 0.481 e. The molecule has 0 saturated heterocycles. The second-order valence-corrected chi connectivity index (χ2v) is 6.60. The Labute approximate surface area is 144 Å². The van der Waals surface area contributed by atoms with E-state index in [1.165, 1.54) is 29.5 Å². The molecular weight excluding hydrogens is 298 g/mol. The van der Waals surface area contributed by atoms with Crippen molar-refractivity contribution in [2.75, 3.05) is 0 Å². The molecule has 126 valence electrons. The number of rotatable bonds is 5. The lowest BCUT2D eigenvalue weighted by molar-refractivity contribution is -0.127. The van der Waals surface area contributed by atoms with Gasteiger partial charge in [-0.3, -0.25) is 4.79 Å². The Hall–Kier alpha value is -2.29. The maximum absolute atomic E-state index is 12.2. The average molecular weight is 323 g/mol. The Morgan fingerprint density at radius 2 is 1.79 bits per heavy atom. The van der Waals surface area contributed by atoms with Gasteiger partial charge >= 0.3 is 0 Å². The highest BCUT2D eigenvalue weighted by Gasteiger charge is 2.16. The van der Waals surface area contributed by atoms with Crippen LogP contribution in [0.3, 0.4) is 0 Å². The molecule has 24 heavy (non-hydrogen) atoms. The van der Waals surface area contributed by atoms with E-state index in [1.54, 1.807) is 6.92 Å². The zero-order valence-electron chi connectivity index (χ0n) is 14.5. The third-order valence-electron chi connectivity index (χ3n) is 4.59. The van der Waals surface area contributed by atoms with Crippen LogP contribution < -0.4 is 10.1 Å². The number of fused-ring (bicyclic) bond motifs is 1. The molecule has 2 aromatic rings. The zero-order chi connectivity index (χ0) is 16.9. The monoisotopic (exact) mass is 323 g/mol. The van der Waals surface area contributed by atoms with Crippen LogP contribution in [0.5, 0.6) is 5.75 Å². The number of ether oxygens (including phenoxy) is 1. The Balaban J connectivity index is 1.55. The van der Waals surface area contributed by atoms with Gasteiger partial charge in [0.05, 0.1) is 0 Å². The topological polar surface area (TPSA) is 38.3 Å². The minimum absolute atomic E-state index is 0.0895. The fourth-order valence-corrected chi connectivity index (χ4v) is 3.08. The molecule has 1 aliphatic rings. The first-order chi connectivity index (χ1) is 11.6. The standard InChI is InChI=1S/C21H25NO2/c1-15-7-9-17(10-8-15)14-22-21(23)16(2)24-20-12-11-18-5-3-4-6-19(18)13-20/h7-13,16H,3-6,14H2,1-2H3,(H,22,23). The van der Waals surface area contributed by atoms with E-state index >= 15 is 0 Å². The molecule has 0 heterocycles. The van der Waals surface area contributed by atoms with Crippen LogP contribution in [0, 0.1) is 6.92 Å². The summed E-state index contributed by atoms with van der Waals surface area (Å²) in [5.41, 5.74) is 5.10. The number of amides is 1. The van der Waals surface area contributed by atoms with Crippen molar-refractivity contribution in [3.05, 3.63) is 64.7 Å². The van der Waals surface area contributed by atoms with E-state index in [4.69, 9.17) is 4.74 Å². The fourth-order valence-electron chi connectivity index (χ4n) is 3.08. The van der Waals surface area contributed by atoms with E-state index in [-0.39, 0.29) is 5.91 Å². The quantitative estimate of drug-likeness (QED) is 0.904. The summed E-state index contributed by atoms with van der Waals surface area (Å²) in [5.74, 6) is 0.696. The van der Waals surface area contributed by atoms with Crippen LogP contribution in [-0.2, 0) is 24.2 Å². The summed E-state index contributed by atoms with van der Waals surface area (Å²) in [6.07, 6.45) is 4.27. The molecule has 1 N–H and O–H groups in total. The maximum atomic E-state index is 12.2. The number of hydrogen-bond donors (Lipinski definition) is 1. The van der Waals surface area contributed by atoms with E-state index < -0.39 is 6.10 Å². The molecule has 1 atom stereocenters. The number of carbonyl (C=O) groups excluding carboxylic acids is 1. The predicted octanol–water partition coefficient (Wildman–Crippen LogP) is 3.96. The zero-order valence-corrected chi connectivity index (χ0v) is 14.5. The van der Waals surface area contributed by atoms with Crippen LogP contribution >= 0.6 is 0 Å². The lowest BCUT2D eigenvalue weighted by Gasteiger charge is -2.19. The first-order valence-corrected chi connectivity index (χ1v) is 8.73. The van der Waals surface area contributed by atoms with Gasteiger partial charge < -0.3 is 10.1 Å². The predicted molar refractivity (Wildman–Crippen MR) is 96.2 cm³/mol. The van der Waals surface area contributed by atoms with Gasteiger partial charge in [-0.05, 0) is 68.4 Å². The van der Waals surface area contributed by atoms with E-state index in [2.05, 4.69) is 36.5 Å². The van der Waals surface area contributed by atoms with Gasteiger partial charge in [-0.1, -0.05) is 35.9 Å². The molecule has 0 aromatic heterocycles. The number of carbonyl (C=O) groups is 1. The van der Waals surface area contributed by atoms with Crippen LogP contribution in [0.1, 0.15) is 42.0 Å². The molecular formula is C21H25NO2. The summed E-state index contributed by atoms with van der Waals surface area (Å²) in [6.45, 7) is 4.37. The number of hydrogen-bond acceptors (Lipinski definition) is 2. The molecule has 3 heteroatoms.